The van der Waals surface area contributed by atoms with Gasteiger partial charge < -0.3 is 14.1 Å². The van der Waals surface area contributed by atoms with Gasteiger partial charge in [-0.3, -0.25) is 4.79 Å². The van der Waals surface area contributed by atoms with Crippen LogP contribution in [0.2, 0.25) is 18.1 Å². The number of nitrogens with one attached hydrogen (secondary N) is 1. The Hall–Kier alpha value is -1.75. The molecule has 1 aromatic carbocycles. The Morgan fingerprint density at radius 3 is 2.57 bits per heavy atom. The van der Waals surface area contributed by atoms with Gasteiger partial charge in [0.15, 0.2) is 0 Å². The van der Waals surface area contributed by atoms with Gasteiger partial charge in [0, 0.05) is 16.6 Å². The normalized spacial score (nSPS) is 12.4. The Morgan fingerprint density at radius 2 is 1.96 bits per heavy atom. The number of hydrogen-bond acceptors (Lipinski definition) is 3. The number of aromatic amines is 1. The standard InChI is InChI=1S/C18H27NO3Si/c1-7-21-17(20)12-13-11-14-15(19-13)9-8-10-16(14)22-23(5,6)18(2,3)4/h8-11,19H,7,12H2,1-6H3. The lowest BCUT2D eigenvalue weighted by molar-refractivity contribution is -0.142. The second-order valence-corrected chi connectivity index (χ2v) is 12.1. The largest absolute Gasteiger partial charge is 0.543 e. The van der Waals surface area contributed by atoms with Crippen molar-refractivity contribution in [3.8, 4) is 5.75 Å². The molecule has 0 atom stereocenters. The van der Waals surface area contributed by atoms with Crippen molar-refractivity contribution < 1.29 is 14.0 Å². The highest BCUT2D eigenvalue weighted by atomic mass is 28.4. The molecule has 0 aliphatic carbocycles. The average molecular weight is 334 g/mol. The quantitative estimate of drug-likeness (QED) is 0.639. The Kier molecular flexibility index (Phi) is 4.89. The Morgan fingerprint density at radius 1 is 1.26 bits per heavy atom. The van der Waals surface area contributed by atoms with Gasteiger partial charge in [-0.2, -0.15) is 0 Å². The molecule has 5 heteroatoms. The minimum atomic E-state index is -1.90. The molecule has 126 valence electrons. The van der Waals surface area contributed by atoms with Gasteiger partial charge in [0.05, 0.1) is 13.0 Å². The number of aromatic nitrogens is 1. The molecule has 1 N–H and O–H groups in total. The van der Waals surface area contributed by atoms with Crippen molar-refractivity contribution in [3.05, 3.63) is 30.0 Å². The third-order valence-electron chi connectivity index (χ3n) is 4.49. The predicted molar refractivity (Wildman–Crippen MR) is 96.5 cm³/mol. The molecule has 0 aliphatic heterocycles. The highest BCUT2D eigenvalue weighted by Gasteiger charge is 2.39. The van der Waals surface area contributed by atoms with Crippen molar-refractivity contribution in [3.63, 3.8) is 0 Å². The van der Waals surface area contributed by atoms with E-state index in [2.05, 4.69) is 38.8 Å². The first-order valence-corrected chi connectivity index (χ1v) is 11.0. The molecule has 23 heavy (non-hydrogen) atoms. The van der Waals surface area contributed by atoms with E-state index in [0.717, 1.165) is 22.3 Å². The Bertz CT molecular complexity index is 698. The number of carbonyl (C=O) groups is 1. The van der Waals surface area contributed by atoms with Crippen LogP contribution in [0.1, 0.15) is 33.4 Å². The molecule has 0 spiro atoms. The molecule has 0 saturated heterocycles. The number of esters is 1. The van der Waals surface area contributed by atoms with Gasteiger partial charge in [-0.15, -0.1) is 0 Å². The average Bonchev–Trinajstić information content (AvgIpc) is 2.80. The number of ether oxygens (including phenoxy) is 1. The second-order valence-electron chi connectivity index (χ2n) is 7.36. The summed E-state index contributed by atoms with van der Waals surface area (Å²) < 4.78 is 11.5. The zero-order chi connectivity index (χ0) is 17.3. The van der Waals surface area contributed by atoms with Crippen molar-refractivity contribution >= 4 is 25.2 Å². The summed E-state index contributed by atoms with van der Waals surface area (Å²) in [6, 6.07) is 7.98. The zero-order valence-corrected chi connectivity index (χ0v) is 15.9. The lowest BCUT2D eigenvalue weighted by atomic mass is 10.2. The third kappa shape index (κ3) is 3.96. The molecule has 0 aliphatic rings. The maximum absolute atomic E-state index is 11.7. The van der Waals surface area contributed by atoms with Crippen molar-refractivity contribution in [2.75, 3.05) is 6.61 Å². The van der Waals surface area contributed by atoms with E-state index in [9.17, 15) is 4.79 Å². The topological polar surface area (TPSA) is 51.3 Å². The number of benzene rings is 1. The molecular weight excluding hydrogens is 306 g/mol. The number of fused-ring (bicyclic) bond motifs is 1. The first-order chi connectivity index (χ1) is 10.6. The van der Waals surface area contributed by atoms with Crippen molar-refractivity contribution in [2.24, 2.45) is 0 Å². The summed E-state index contributed by atoms with van der Waals surface area (Å²) in [6.45, 7) is 13.4. The summed E-state index contributed by atoms with van der Waals surface area (Å²) in [6.07, 6.45) is 0.252. The van der Waals surface area contributed by atoms with Gasteiger partial charge in [-0.1, -0.05) is 26.8 Å². The molecule has 0 unspecified atom stereocenters. The maximum atomic E-state index is 11.7. The van der Waals surface area contributed by atoms with E-state index in [1.165, 1.54) is 0 Å². The highest BCUT2D eigenvalue weighted by molar-refractivity contribution is 6.74. The molecule has 1 heterocycles. The summed E-state index contributed by atoms with van der Waals surface area (Å²) in [4.78, 5) is 15.0. The molecule has 0 saturated carbocycles. The minimum absolute atomic E-state index is 0.138. The summed E-state index contributed by atoms with van der Waals surface area (Å²) in [7, 11) is -1.90. The summed E-state index contributed by atoms with van der Waals surface area (Å²) in [5, 5.41) is 1.16. The number of carbonyl (C=O) groups excluding carboxylic acids is 1. The number of H-pyrrole nitrogens is 1. The molecule has 2 rings (SSSR count). The fourth-order valence-electron chi connectivity index (χ4n) is 2.16. The van der Waals surface area contributed by atoms with E-state index >= 15 is 0 Å². The number of rotatable bonds is 5. The van der Waals surface area contributed by atoms with Crippen LogP contribution in [0.3, 0.4) is 0 Å². The van der Waals surface area contributed by atoms with E-state index in [1.54, 1.807) is 0 Å². The molecule has 4 nitrogen and oxygen atoms in total. The minimum Gasteiger partial charge on any atom is -0.543 e. The monoisotopic (exact) mass is 333 g/mol. The van der Waals surface area contributed by atoms with Gasteiger partial charge in [-0.25, -0.2) is 0 Å². The van der Waals surface area contributed by atoms with Crippen molar-refractivity contribution in [1.82, 2.24) is 4.98 Å². The number of hydrogen-bond donors (Lipinski definition) is 1. The maximum Gasteiger partial charge on any atom is 0.311 e. The van der Waals surface area contributed by atoms with Gasteiger partial charge >= 0.3 is 5.97 Å². The van der Waals surface area contributed by atoms with Crippen molar-refractivity contribution in [1.29, 1.82) is 0 Å². The van der Waals surface area contributed by atoms with E-state index < -0.39 is 8.32 Å². The Labute approximate surface area is 139 Å². The van der Waals surface area contributed by atoms with Gasteiger partial charge in [0.25, 0.3) is 8.32 Å². The van der Waals surface area contributed by atoms with E-state index in [0.29, 0.717) is 6.61 Å². The van der Waals surface area contributed by atoms with E-state index in [1.807, 2.05) is 31.2 Å². The van der Waals surface area contributed by atoms with Crippen molar-refractivity contribution in [2.45, 2.75) is 52.2 Å². The van der Waals surface area contributed by atoms with Crippen LogP contribution in [-0.2, 0) is 16.0 Å². The fourth-order valence-corrected chi connectivity index (χ4v) is 3.20. The highest BCUT2D eigenvalue weighted by Crippen LogP contribution is 2.39. The second kappa shape index (κ2) is 6.39. The lowest BCUT2D eigenvalue weighted by Gasteiger charge is -2.36. The van der Waals surface area contributed by atoms with Crippen LogP contribution in [0.25, 0.3) is 10.9 Å². The SMILES string of the molecule is CCOC(=O)Cc1cc2c(O[Si](C)(C)C(C)(C)C)cccc2[nH]1. The fraction of sp³-hybridized carbons (Fsp3) is 0.500. The van der Waals surface area contributed by atoms with Crippen LogP contribution >= 0.6 is 0 Å². The molecule has 0 fully saturated rings. The molecule has 1 aromatic heterocycles. The first-order valence-electron chi connectivity index (χ1n) is 8.09. The molecule has 0 radical (unpaired) electrons. The summed E-state index contributed by atoms with van der Waals surface area (Å²) in [5.41, 5.74) is 1.84. The van der Waals surface area contributed by atoms with Gasteiger partial charge in [0.1, 0.15) is 5.75 Å². The molecule has 0 bridgehead atoms. The molecule has 2 aromatic rings. The van der Waals surface area contributed by atoms with Crippen LogP contribution in [-0.4, -0.2) is 25.9 Å². The van der Waals surface area contributed by atoms with Crippen LogP contribution in [0.5, 0.6) is 5.75 Å². The molecular formula is C18H27NO3Si. The first kappa shape index (κ1) is 17.6. The predicted octanol–water partition coefficient (Wildman–Crippen LogP) is 4.66. The third-order valence-corrected chi connectivity index (χ3v) is 8.83. The van der Waals surface area contributed by atoms with Crippen LogP contribution < -0.4 is 4.43 Å². The lowest BCUT2D eigenvalue weighted by Crippen LogP contribution is -2.43. The summed E-state index contributed by atoms with van der Waals surface area (Å²) >= 11 is 0. The van der Waals surface area contributed by atoms with Crippen LogP contribution in [0.15, 0.2) is 24.3 Å². The van der Waals surface area contributed by atoms with E-state index in [-0.39, 0.29) is 17.4 Å². The van der Waals surface area contributed by atoms with Crippen LogP contribution in [0.4, 0.5) is 0 Å². The van der Waals surface area contributed by atoms with Crippen LogP contribution in [0, 0.1) is 0 Å². The summed E-state index contributed by atoms with van der Waals surface area (Å²) in [5.74, 6) is 0.673. The molecule has 0 amide bonds. The van der Waals surface area contributed by atoms with E-state index in [4.69, 9.17) is 9.16 Å². The van der Waals surface area contributed by atoms with Gasteiger partial charge in [-0.05, 0) is 43.3 Å². The Balaban J connectivity index is 2.32. The smallest absolute Gasteiger partial charge is 0.311 e. The zero-order valence-electron chi connectivity index (χ0n) is 14.9. The van der Waals surface area contributed by atoms with Gasteiger partial charge in [0.2, 0.25) is 0 Å².